The van der Waals surface area contributed by atoms with Gasteiger partial charge in [-0.05, 0) is 58.3 Å². The Morgan fingerprint density at radius 3 is 1.28 bits per heavy atom. The molecular weight excluding hydrogens is 532 g/mol. The topological polar surface area (TPSA) is 63.6 Å². The Morgan fingerprint density at radius 2 is 0.860 bits per heavy atom. The molecule has 0 fully saturated rings. The molecule has 0 aromatic rings. The van der Waals surface area contributed by atoms with Gasteiger partial charge >= 0.3 is 11.9 Å². The van der Waals surface area contributed by atoms with Crippen LogP contribution in [0.25, 0.3) is 0 Å². The summed E-state index contributed by atoms with van der Waals surface area (Å²) >= 11 is 0. The number of rotatable bonds is 35. The Kier molecular flexibility index (Phi) is 34.1. The van der Waals surface area contributed by atoms with E-state index in [1.165, 1.54) is 161 Å². The minimum Gasteiger partial charge on any atom is -0.481 e. The summed E-state index contributed by atoms with van der Waals surface area (Å²) in [6, 6.07) is 0. The van der Waals surface area contributed by atoms with Gasteiger partial charge < -0.3 is 9.84 Å². The van der Waals surface area contributed by atoms with Crippen LogP contribution in [0.3, 0.4) is 0 Å². The van der Waals surface area contributed by atoms with Crippen molar-refractivity contribution in [3.8, 4) is 0 Å². The lowest BCUT2D eigenvalue weighted by molar-refractivity contribution is -0.148. The van der Waals surface area contributed by atoms with Crippen LogP contribution in [0.4, 0.5) is 0 Å². The number of carbonyl (C=O) groups excluding carboxylic acids is 1. The molecule has 43 heavy (non-hydrogen) atoms. The van der Waals surface area contributed by atoms with Crippen molar-refractivity contribution in [1.29, 1.82) is 0 Å². The SMILES string of the molecule is CCCCCC/C=C\CCCCCCCCC(=O)OC(C)CCCCCCCCCCCCCCCCCCCC(=O)O. The Balaban J connectivity index is 3.29. The number of carboxylic acid groups (broad SMARTS) is 1. The summed E-state index contributed by atoms with van der Waals surface area (Å²) in [6.45, 7) is 4.32. The molecule has 0 aliphatic rings. The van der Waals surface area contributed by atoms with Crippen molar-refractivity contribution in [3.63, 3.8) is 0 Å². The molecule has 4 heteroatoms. The lowest BCUT2D eigenvalue weighted by Gasteiger charge is -2.13. The maximum atomic E-state index is 12.1. The molecule has 0 bridgehead atoms. The lowest BCUT2D eigenvalue weighted by atomic mass is 10.0. The van der Waals surface area contributed by atoms with Crippen molar-refractivity contribution in [3.05, 3.63) is 12.2 Å². The summed E-state index contributed by atoms with van der Waals surface area (Å²) in [5.74, 6) is -0.661. The average Bonchev–Trinajstić information content (AvgIpc) is 2.98. The molecule has 4 nitrogen and oxygen atoms in total. The summed E-state index contributed by atoms with van der Waals surface area (Å²) in [6.07, 6.45) is 43.6. The molecule has 0 aromatic carbocycles. The quantitative estimate of drug-likeness (QED) is 0.0443. The summed E-state index contributed by atoms with van der Waals surface area (Å²) in [5, 5.41) is 8.64. The molecule has 0 saturated heterocycles. The van der Waals surface area contributed by atoms with E-state index < -0.39 is 5.97 Å². The molecule has 0 rings (SSSR count). The van der Waals surface area contributed by atoms with Gasteiger partial charge in [0.25, 0.3) is 0 Å². The van der Waals surface area contributed by atoms with Crippen LogP contribution in [0.1, 0.15) is 219 Å². The van der Waals surface area contributed by atoms with Crippen LogP contribution in [0.15, 0.2) is 12.2 Å². The highest BCUT2D eigenvalue weighted by atomic mass is 16.5. The van der Waals surface area contributed by atoms with Gasteiger partial charge in [0, 0.05) is 12.8 Å². The number of aliphatic carboxylic acids is 1. The first-order chi connectivity index (χ1) is 21.1. The molecule has 1 N–H and O–H groups in total. The minimum atomic E-state index is -0.662. The third-order valence-corrected chi connectivity index (χ3v) is 8.73. The van der Waals surface area contributed by atoms with Gasteiger partial charge in [0.2, 0.25) is 0 Å². The summed E-state index contributed by atoms with van der Waals surface area (Å²) < 4.78 is 5.64. The van der Waals surface area contributed by atoms with Gasteiger partial charge in [0.15, 0.2) is 0 Å². The smallest absolute Gasteiger partial charge is 0.306 e. The first-order valence-corrected chi connectivity index (χ1v) is 19.1. The van der Waals surface area contributed by atoms with Gasteiger partial charge in [0.05, 0.1) is 6.10 Å². The molecular formula is C39H74O4. The number of allylic oxidation sites excluding steroid dienone is 2. The highest BCUT2D eigenvalue weighted by molar-refractivity contribution is 5.69. The van der Waals surface area contributed by atoms with Gasteiger partial charge in [-0.25, -0.2) is 0 Å². The second kappa shape index (κ2) is 35.2. The fourth-order valence-electron chi connectivity index (χ4n) is 5.87. The zero-order valence-corrected chi connectivity index (χ0v) is 29.0. The minimum absolute atomic E-state index is 0.00142. The molecule has 0 aliphatic heterocycles. The third kappa shape index (κ3) is 36.8. The maximum absolute atomic E-state index is 12.1. The van der Waals surface area contributed by atoms with Crippen LogP contribution in [0.2, 0.25) is 0 Å². The van der Waals surface area contributed by atoms with Crippen molar-refractivity contribution >= 4 is 11.9 Å². The van der Waals surface area contributed by atoms with Crippen molar-refractivity contribution in [1.82, 2.24) is 0 Å². The first kappa shape index (κ1) is 41.7. The van der Waals surface area contributed by atoms with Crippen LogP contribution in [-0.2, 0) is 14.3 Å². The molecule has 254 valence electrons. The Labute approximate surface area is 268 Å². The largest absolute Gasteiger partial charge is 0.481 e. The zero-order chi connectivity index (χ0) is 31.5. The number of hydrogen-bond acceptors (Lipinski definition) is 3. The normalized spacial score (nSPS) is 12.2. The van der Waals surface area contributed by atoms with Gasteiger partial charge in [-0.3, -0.25) is 9.59 Å². The number of esters is 1. The fraction of sp³-hybridized carbons (Fsp3) is 0.897. The van der Waals surface area contributed by atoms with Gasteiger partial charge in [-0.15, -0.1) is 0 Å². The second-order valence-electron chi connectivity index (χ2n) is 13.2. The molecule has 0 saturated carbocycles. The molecule has 0 radical (unpaired) electrons. The van der Waals surface area contributed by atoms with Gasteiger partial charge in [0.1, 0.15) is 0 Å². The summed E-state index contributed by atoms with van der Waals surface area (Å²) in [4.78, 5) is 22.6. The zero-order valence-electron chi connectivity index (χ0n) is 29.0. The molecule has 0 spiro atoms. The fourth-order valence-corrected chi connectivity index (χ4v) is 5.87. The monoisotopic (exact) mass is 607 g/mol. The maximum Gasteiger partial charge on any atom is 0.306 e. The second-order valence-corrected chi connectivity index (χ2v) is 13.2. The van der Waals surface area contributed by atoms with Gasteiger partial charge in [-0.2, -0.15) is 0 Å². The molecule has 0 amide bonds. The Hall–Kier alpha value is -1.32. The Bertz CT molecular complexity index is 614. The van der Waals surface area contributed by atoms with E-state index in [9.17, 15) is 9.59 Å². The highest BCUT2D eigenvalue weighted by Gasteiger charge is 2.09. The third-order valence-electron chi connectivity index (χ3n) is 8.73. The van der Waals surface area contributed by atoms with E-state index >= 15 is 0 Å². The van der Waals surface area contributed by atoms with Crippen LogP contribution < -0.4 is 0 Å². The number of unbranched alkanes of at least 4 members (excludes halogenated alkanes) is 26. The van der Waals surface area contributed by atoms with Crippen LogP contribution in [0, 0.1) is 0 Å². The highest BCUT2D eigenvalue weighted by Crippen LogP contribution is 2.16. The standard InChI is InChI=1S/C39H74O4/c1-3-4-5-6-7-8-9-10-18-21-24-27-30-33-36-39(42)43-37(2)34-31-28-25-22-19-16-14-12-11-13-15-17-20-23-26-29-32-35-38(40)41/h8-9,37H,3-7,10-36H2,1-2H3,(H,40,41)/b9-8-. The molecule has 1 unspecified atom stereocenters. The lowest BCUT2D eigenvalue weighted by Crippen LogP contribution is -2.14. The van der Waals surface area contributed by atoms with Crippen molar-refractivity contribution < 1.29 is 19.4 Å². The van der Waals surface area contributed by atoms with E-state index in [0.29, 0.717) is 12.8 Å². The van der Waals surface area contributed by atoms with E-state index in [0.717, 1.165) is 32.1 Å². The van der Waals surface area contributed by atoms with E-state index in [4.69, 9.17) is 9.84 Å². The number of ether oxygens (including phenoxy) is 1. The van der Waals surface area contributed by atoms with Crippen LogP contribution in [-0.4, -0.2) is 23.1 Å². The molecule has 1 atom stereocenters. The van der Waals surface area contributed by atoms with Crippen molar-refractivity contribution in [2.45, 2.75) is 225 Å². The number of carboxylic acids is 1. The summed E-state index contributed by atoms with van der Waals surface area (Å²) in [5.41, 5.74) is 0. The van der Waals surface area contributed by atoms with E-state index in [1.54, 1.807) is 0 Å². The molecule has 0 aliphatic carbocycles. The van der Waals surface area contributed by atoms with Gasteiger partial charge in [-0.1, -0.05) is 160 Å². The van der Waals surface area contributed by atoms with E-state index in [1.807, 2.05) is 0 Å². The van der Waals surface area contributed by atoms with Crippen LogP contribution >= 0.6 is 0 Å². The predicted molar refractivity (Wildman–Crippen MR) is 186 cm³/mol. The van der Waals surface area contributed by atoms with Crippen molar-refractivity contribution in [2.24, 2.45) is 0 Å². The molecule has 0 aromatic heterocycles. The number of carbonyl (C=O) groups is 2. The predicted octanol–water partition coefficient (Wildman–Crippen LogP) is 13.1. The summed E-state index contributed by atoms with van der Waals surface area (Å²) in [7, 11) is 0. The average molecular weight is 607 g/mol. The van der Waals surface area contributed by atoms with Crippen molar-refractivity contribution in [2.75, 3.05) is 0 Å². The van der Waals surface area contributed by atoms with Crippen LogP contribution in [0.5, 0.6) is 0 Å². The first-order valence-electron chi connectivity index (χ1n) is 19.1. The Morgan fingerprint density at radius 1 is 0.512 bits per heavy atom. The molecule has 0 heterocycles. The van der Waals surface area contributed by atoms with E-state index in [2.05, 4.69) is 26.0 Å². The van der Waals surface area contributed by atoms with E-state index in [-0.39, 0.29) is 12.1 Å². The number of hydrogen-bond donors (Lipinski definition) is 1.